The molecule has 1 aromatic carbocycles. The second-order valence-electron chi connectivity index (χ2n) is 6.99. The monoisotopic (exact) mass is 399 g/mol. The molecule has 0 N–H and O–H groups in total. The first-order valence-corrected chi connectivity index (χ1v) is 9.92. The minimum absolute atomic E-state index is 0.109. The molecule has 7 heteroatoms. The van der Waals surface area contributed by atoms with Crippen molar-refractivity contribution >= 4 is 46.4 Å². The second-order valence-corrected chi connectivity index (χ2v) is 8.37. The van der Waals surface area contributed by atoms with Gasteiger partial charge in [-0.25, -0.2) is 9.69 Å². The number of rotatable bonds is 3. The van der Waals surface area contributed by atoms with Gasteiger partial charge >= 0.3 is 5.97 Å². The van der Waals surface area contributed by atoms with E-state index in [0.717, 1.165) is 11.3 Å². The van der Waals surface area contributed by atoms with Crippen LogP contribution in [0.15, 0.2) is 47.9 Å². The van der Waals surface area contributed by atoms with Gasteiger partial charge in [0, 0.05) is 5.02 Å². The van der Waals surface area contributed by atoms with Crippen molar-refractivity contribution in [1.82, 2.24) is 0 Å². The topological polar surface area (TPSA) is 63.7 Å². The van der Waals surface area contributed by atoms with Crippen LogP contribution in [0.25, 0.3) is 0 Å². The maximum Gasteiger partial charge on any atom is 0.353 e. The number of benzene rings is 1. The molecule has 1 saturated heterocycles. The smallest absolute Gasteiger partial charge is 0.353 e. The summed E-state index contributed by atoms with van der Waals surface area (Å²) in [4.78, 5) is 40.1. The maximum absolute atomic E-state index is 13.1. The predicted octanol–water partition coefficient (Wildman–Crippen LogP) is 3.93. The number of thiophene rings is 1. The summed E-state index contributed by atoms with van der Waals surface area (Å²) in [5.74, 6) is -1.29. The molecule has 4 unspecified atom stereocenters. The number of anilines is 1. The molecule has 136 valence electrons. The highest BCUT2D eigenvalue weighted by Crippen LogP contribution is 2.54. The average Bonchev–Trinajstić information content (AvgIpc) is 3.42. The summed E-state index contributed by atoms with van der Waals surface area (Å²) >= 11 is 7.38. The molecule has 0 radical (unpaired) electrons. The van der Waals surface area contributed by atoms with E-state index in [-0.39, 0.29) is 46.9 Å². The van der Waals surface area contributed by atoms with Crippen molar-refractivity contribution in [3.8, 4) is 5.75 Å². The Morgan fingerprint density at radius 1 is 1.11 bits per heavy atom. The lowest BCUT2D eigenvalue weighted by Gasteiger charge is -2.20. The van der Waals surface area contributed by atoms with E-state index in [0.29, 0.717) is 9.90 Å². The Labute approximate surface area is 164 Å². The summed E-state index contributed by atoms with van der Waals surface area (Å²) in [5.41, 5.74) is 0.233. The molecule has 1 aromatic heterocycles. The number of carbonyl (C=O) groups is 3. The summed E-state index contributed by atoms with van der Waals surface area (Å²) in [7, 11) is 0. The Morgan fingerprint density at radius 3 is 2.44 bits per heavy atom. The summed E-state index contributed by atoms with van der Waals surface area (Å²) in [6.07, 6.45) is 4.93. The summed E-state index contributed by atoms with van der Waals surface area (Å²) in [6.45, 7) is 0. The van der Waals surface area contributed by atoms with E-state index in [2.05, 4.69) is 0 Å². The zero-order chi connectivity index (χ0) is 18.7. The lowest BCUT2D eigenvalue weighted by molar-refractivity contribution is -0.123. The SMILES string of the molecule is O=C(Oc1ccc(Cl)cc1N1C(=O)C2C3C=CC(C3)C2C1=O)c1cccs1. The molecular weight excluding hydrogens is 386 g/mol. The molecule has 0 spiro atoms. The molecule has 2 amide bonds. The first-order chi connectivity index (χ1) is 13.0. The van der Waals surface area contributed by atoms with Crippen LogP contribution in [0.5, 0.6) is 5.75 Å². The van der Waals surface area contributed by atoms with E-state index in [4.69, 9.17) is 16.3 Å². The standard InChI is InChI=1S/C20H14ClNO4S/c21-12-5-6-14(26-20(25)15-2-1-7-27-15)13(9-12)22-18(23)16-10-3-4-11(8-10)17(16)19(22)24/h1-7,9-11,16-17H,8H2. The van der Waals surface area contributed by atoms with Crippen LogP contribution in [0.1, 0.15) is 16.1 Å². The van der Waals surface area contributed by atoms with E-state index < -0.39 is 5.97 Å². The number of hydrogen-bond donors (Lipinski definition) is 0. The normalized spacial score (nSPS) is 28.1. The predicted molar refractivity (Wildman–Crippen MR) is 101 cm³/mol. The number of ether oxygens (including phenoxy) is 1. The number of hydrogen-bond acceptors (Lipinski definition) is 5. The van der Waals surface area contributed by atoms with Crippen molar-refractivity contribution in [3.63, 3.8) is 0 Å². The number of fused-ring (bicyclic) bond motifs is 5. The van der Waals surface area contributed by atoms with Crippen molar-refractivity contribution in [3.05, 3.63) is 57.8 Å². The van der Waals surface area contributed by atoms with E-state index in [9.17, 15) is 14.4 Å². The minimum atomic E-state index is -0.533. The zero-order valence-corrected chi connectivity index (χ0v) is 15.6. The molecular formula is C20H14ClNO4S. The fourth-order valence-corrected chi connectivity index (χ4v) is 5.20. The van der Waals surface area contributed by atoms with Crippen LogP contribution in [-0.2, 0) is 9.59 Å². The number of halogens is 1. The molecule has 1 aliphatic heterocycles. The summed E-state index contributed by atoms with van der Waals surface area (Å²) < 4.78 is 5.50. The molecule has 3 aliphatic rings. The lowest BCUT2D eigenvalue weighted by atomic mass is 9.85. The lowest BCUT2D eigenvalue weighted by Crippen LogP contribution is -2.33. The first kappa shape index (κ1) is 16.7. The second kappa shape index (κ2) is 6.04. The van der Waals surface area contributed by atoms with Gasteiger partial charge in [-0.2, -0.15) is 0 Å². The van der Waals surface area contributed by atoms with Crippen LogP contribution in [0, 0.1) is 23.7 Å². The number of esters is 1. The third-order valence-corrected chi connectivity index (χ3v) is 6.64. The molecule has 2 aromatic rings. The van der Waals surface area contributed by atoms with Crippen molar-refractivity contribution in [2.45, 2.75) is 6.42 Å². The molecule has 2 fully saturated rings. The van der Waals surface area contributed by atoms with Gasteiger partial charge in [-0.15, -0.1) is 11.3 Å². The zero-order valence-electron chi connectivity index (χ0n) is 14.0. The molecule has 5 nitrogen and oxygen atoms in total. The van der Waals surface area contributed by atoms with Crippen LogP contribution in [0.4, 0.5) is 5.69 Å². The van der Waals surface area contributed by atoms with Crippen molar-refractivity contribution in [1.29, 1.82) is 0 Å². The highest BCUT2D eigenvalue weighted by molar-refractivity contribution is 7.12. The average molecular weight is 400 g/mol. The first-order valence-electron chi connectivity index (χ1n) is 8.66. The molecule has 4 atom stereocenters. The maximum atomic E-state index is 13.1. The Hall–Kier alpha value is -2.44. The molecule has 1 saturated carbocycles. The van der Waals surface area contributed by atoms with Crippen LogP contribution in [0.3, 0.4) is 0 Å². The van der Waals surface area contributed by atoms with Crippen LogP contribution in [0.2, 0.25) is 5.02 Å². The molecule has 27 heavy (non-hydrogen) atoms. The fraction of sp³-hybridized carbons (Fsp3) is 0.250. The highest BCUT2D eigenvalue weighted by atomic mass is 35.5. The Kier molecular flexibility index (Phi) is 3.74. The summed E-state index contributed by atoms with van der Waals surface area (Å²) in [6, 6.07) is 8.00. The number of carbonyl (C=O) groups excluding carboxylic acids is 3. The van der Waals surface area contributed by atoms with Crippen LogP contribution in [-0.4, -0.2) is 17.8 Å². The van der Waals surface area contributed by atoms with E-state index in [1.807, 2.05) is 12.2 Å². The van der Waals surface area contributed by atoms with Gasteiger partial charge in [0.05, 0.1) is 17.5 Å². The molecule has 2 heterocycles. The largest absolute Gasteiger partial charge is 0.420 e. The van der Waals surface area contributed by atoms with E-state index in [1.54, 1.807) is 23.6 Å². The van der Waals surface area contributed by atoms with Gasteiger partial charge in [0.25, 0.3) is 0 Å². The van der Waals surface area contributed by atoms with Crippen molar-refractivity contribution in [2.75, 3.05) is 4.90 Å². The fourth-order valence-electron chi connectivity index (χ4n) is 4.44. The number of nitrogens with zero attached hydrogens (tertiary/aromatic N) is 1. The van der Waals surface area contributed by atoms with Gasteiger partial charge in [0.2, 0.25) is 11.8 Å². The highest BCUT2D eigenvalue weighted by Gasteiger charge is 2.60. The van der Waals surface area contributed by atoms with Gasteiger partial charge in [-0.3, -0.25) is 9.59 Å². The van der Waals surface area contributed by atoms with Crippen molar-refractivity contribution < 1.29 is 19.1 Å². The molecule has 2 aliphatic carbocycles. The third kappa shape index (κ3) is 2.47. The quantitative estimate of drug-likeness (QED) is 0.339. The van der Waals surface area contributed by atoms with Gasteiger partial charge in [-0.1, -0.05) is 29.8 Å². The van der Waals surface area contributed by atoms with E-state index >= 15 is 0 Å². The minimum Gasteiger partial charge on any atom is -0.420 e. The Bertz CT molecular complexity index is 969. The van der Waals surface area contributed by atoms with Gasteiger partial charge in [-0.05, 0) is 47.9 Å². The van der Waals surface area contributed by atoms with Crippen molar-refractivity contribution in [2.24, 2.45) is 23.7 Å². The van der Waals surface area contributed by atoms with Crippen LogP contribution < -0.4 is 9.64 Å². The number of amides is 2. The van der Waals surface area contributed by atoms with Crippen LogP contribution >= 0.6 is 22.9 Å². The Morgan fingerprint density at radius 2 is 1.81 bits per heavy atom. The third-order valence-electron chi connectivity index (χ3n) is 5.56. The van der Waals surface area contributed by atoms with Gasteiger partial charge in [0.1, 0.15) is 4.88 Å². The number of imide groups is 1. The number of allylic oxidation sites excluding steroid dienone is 2. The Balaban J connectivity index is 1.52. The molecule has 5 rings (SSSR count). The summed E-state index contributed by atoms with van der Waals surface area (Å²) in [5, 5.41) is 2.14. The van der Waals surface area contributed by atoms with Gasteiger partial charge < -0.3 is 4.74 Å². The van der Waals surface area contributed by atoms with Gasteiger partial charge in [0.15, 0.2) is 5.75 Å². The molecule has 2 bridgehead atoms. The van der Waals surface area contributed by atoms with E-state index in [1.165, 1.54) is 23.5 Å².